The molecule has 1 saturated carbocycles. The molecule has 0 spiro atoms. The summed E-state index contributed by atoms with van der Waals surface area (Å²) in [5.41, 5.74) is 1.48. The van der Waals surface area contributed by atoms with Gasteiger partial charge in [-0.3, -0.25) is 9.59 Å². The molecule has 3 aromatic rings. The standard InChI is InChI=1S/C28H26Cl2F2N2O3/c1-17(35)34(15-19-7-9-22(31)14-24(19)30)27(28(36)33-26-10-8-21(29)13-25(26)32)20-11-23(12-20)37-16-18-5-3-2-4-6-18/h2-10,13-14,20,23,27H,11-12,15-16H2,1H3,(H,33,36). The highest BCUT2D eigenvalue weighted by atomic mass is 35.5. The molecule has 4 rings (SSSR count). The van der Waals surface area contributed by atoms with Gasteiger partial charge in [-0.2, -0.15) is 0 Å². The van der Waals surface area contributed by atoms with Gasteiger partial charge in [-0.05, 0) is 60.2 Å². The predicted molar refractivity (Wildman–Crippen MR) is 139 cm³/mol. The van der Waals surface area contributed by atoms with E-state index in [1.54, 1.807) is 0 Å². The Bertz CT molecular complexity index is 1270. The maximum absolute atomic E-state index is 14.4. The monoisotopic (exact) mass is 546 g/mol. The Labute approximate surface area is 224 Å². The molecule has 1 N–H and O–H groups in total. The first kappa shape index (κ1) is 27.0. The number of nitrogens with one attached hydrogen (secondary N) is 1. The van der Waals surface area contributed by atoms with Crippen LogP contribution in [0.3, 0.4) is 0 Å². The minimum absolute atomic E-state index is 0.0122. The smallest absolute Gasteiger partial charge is 0.247 e. The van der Waals surface area contributed by atoms with E-state index in [9.17, 15) is 18.4 Å². The number of ether oxygens (including phenoxy) is 1. The topological polar surface area (TPSA) is 58.6 Å². The van der Waals surface area contributed by atoms with Crippen molar-refractivity contribution < 1.29 is 23.1 Å². The normalized spacial score (nSPS) is 17.5. The van der Waals surface area contributed by atoms with Crippen LogP contribution in [0.15, 0.2) is 66.7 Å². The van der Waals surface area contributed by atoms with Crippen molar-refractivity contribution in [1.82, 2.24) is 4.90 Å². The first-order chi connectivity index (χ1) is 17.7. The van der Waals surface area contributed by atoms with Crippen molar-refractivity contribution in [1.29, 1.82) is 0 Å². The highest BCUT2D eigenvalue weighted by Crippen LogP contribution is 2.37. The van der Waals surface area contributed by atoms with E-state index in [-0.39, 0.29) is 40.2 Å². The van der Waals surface area contributed by atoms with Gasteiger partial charge in [0.25, 0.3) is 0 Å². The molecule has 1 aliphatic rings. The number of benzene rings is 3. The minimum atomic E-state index is -0.926. The Hall–Kier alpha value is -3.00. The Morgan fingerprint density at radius 3 is 2.43 bits per heavy atom. The van der Waals surface area contributed by atoms with Crippen molar-refractivity contribution in [2.24, 2.45) is 5.92 Å². The summed E-state index contributed by atoms with van der Waals surface area (Å²) in [6, 6.07) is 16.6. The van der Waals surface area contributed by atoms with Crippen LogP contribution in [0.1, 0.15) is 30.9 Å². The first-order valence-electron chi connectivity index (χ1n) is 11.8. The van der Waals surface area contributed by atoms with Gasteiger partial charge in [0.2, 0.25) is 11.8 Å². The molecular weight excluding hydrogens is 521 g/mol. The fourth-order valence-corrected chi connectivity index (χ4v) is 4.82. The third-order valence-electron chi connectivity index (χ3n) is 6.46. The Balaban J connectivity index is 1.54. The summed E-state index contributed by atoms with van der Waals surface area (Å²) in [7, 11) is 0. The highest BCUT2D eigenvalue weighted by molar-refractivity contribution is 6.31. The van der Waals surface area contributed by atoms with Gasteiger partial charge in [-0.1, -0.05) is 59.6 Å². The second-order valence-electron chi connectivity index (χ2n) is 9.09. The van der Waals surface area contributed by atoms with Crippen LogP contribution < -0.4 is 5.32 Å². The largest absolute Gasteiger partial charge is 0.374 e. The van der Waals surface area contributed by atoms with Gasteiger partial charge in [-0.25, -0.2) is 8.78 Å². The molecule has 0 saturated heterocycles. The molecule has 2 amide bonds. The zero-order valence-corrected chi connectivity index (χ0v) is 21.6. The van der Waals surface area contributed by atoms with Gasteiger partial charge in [0, 0.05) is 23.5 Å². The Morgan fingerprint density at radius 2 is 1.78 bits per heavy atom. The molecule has 1 unspecified atom stereocenters. The predicted octanol–water partition coefficient (Wildman–Crippen LogP) is 6.62. The number of hydrogen-bond donors (Lipinski definition) is 1. The average Bonchev–Trinajstić information content (AvgIpc) is 2.83. The second-order valence-corrected chi connectivity index (χ2v) is 9.93. The lowest BCUT2D eigenvalue weighted by molar-refractivity contribution is -0.145. The number of amides is 2. The number of anilines is 1. The summed E-state index contributed by atoms with van der Waals surface area (Å²) < 4.78 is 34.0. The van der Waals surface area contributed by atoms with Gasteiger partial charge in [0.05, 0.1) is 18.4 Å². The van der Waals surface area contributed by atoms with E-state index in [4.69, 9.17) is 27.9 Å². The fourth-order valence-electron chi connectivity index (χ4n) is 4.44. The summed E-state index contributed by atoms with van der Waals surface area (Å²) in [6.07, 6.45) is 0.986. The third kappa shape index (κ3) is 6.86. The minimum Gasteiger partial charge on any atom is -0.374 e. The zero-order chi connectivity index (χ0) is 26.5. The number of hydrogen-bond acceptors (Lipinski definition) is 3. The lowest BCUT2D eigenvalue weighted by Crippen LogP contribution is -2.55. The van der Waals surface area contributed by atoms with Crippen LogP contribution in [0, 0.1) is 17.6 Å². The number of halogens is 4. The molecule has 1 aliphatic carbocycles. The molecular formula is C28H26Cl2F2N2O3. The fraction of sp³-hybridized carbons (Fsp3) is 0.286. The first-order valence-corrected chi connectivity index (χ1v) is 12.6. The molecule has 9 heteroatoms. The maximum atomic E-state index is 14.4. The summed E-state index contributed by atoms with van der Waals surface area (Å²) >= 11 is 12.1. The zero-order valence-electron chi connectivity index (χ0n) is 20.1. The van der Waals surface area contributed by atoms with Gasteiger partial charge >= 0.3 is 0 Å². The van der Waals surface area contributed by atoms with Gasteiger partial charge in [0.1, 0.15) is 17.7 Å². The lowest BCUT2D eigenvalue weighted by Gasteiger charge is -2.43. The molecule has 5 nitrogen and oxygen atoms in total. The molecule has 0 aliphatic heterocycles. The van der Waals surface area contributed by atoms with Crippen LogP contribution in [0.4, 0.5) is 14.5 Å². The summed E-state index contributed by atoms with van der Waals surface area (Å²) in [5.74, 6) is -2.34. The van der Waals surface area contributed by atoms with E-state index >= 15 is 0 Å². The number of carbonyl (C=O) groups excluding carboxylic acids is 2. The van der Waals surface area contributed by atoms with Crippen LogP contribution in [-0.4, -0.2) is 28.9 Å². The quantitative estimate of drug-likeness (QED) is 0.328. The van der Waals surface area contributed by atoms with Crippen LogP contribution in [-0.2, 0) is 27.5 Å². The summed E-state index contributed by atoms with van der Waals surface area (Å²) in [5, 5.41) is 2.94. The van der Waals surface area contributed by atoms with Crippen molar-refractivity contribution in [3.05, 3.63) is 99.5 Å². The number of rotatable bonds is 9. The third-order valence-corrected chi connectivity index (χ3v) is 7.05. The van der Waals surface area contributed by atoms with E-state index in [2.05, 4.69) is 5.32 Å². The van der Waals surface area contributed by atoms with Gasteiger partial charge in [-0.15, -0.1) is 0 Å². The van der Waals surface area contributed by atoms with Crippen LogP contribution >= 0.6 is 23.2 Å². The van der Waals surface area contributed by atoms with Gasteiger partial charge < -0.3 is 15.0 Å². The lowest BCUT2D eigenvalue weighted by atomic mass is 9.76. The Kier molecular flexibility index (Phi) is 8.79. The van der Waals surface area contributed by atoms with Crippen molar-refractivity contribution in [3.8, 4) is 0 Å². The molecule has 0 heterocycles. The number of carbonyl (C=O) groups is 2. The molecule has 3 aromatic carbocycles. The van der Waals surface area contributed by atoms with E-state index in [1.165, 1.54) is 36.1 Å². The van der Waals surface area contributed by atoms with Crippen LogP contribution in [0.25, 0.3) is 0 Å². The van der Waals surface area contributed by atoms with Crippen molar-refractivity contribution in [2.75, 3.05) is 5.32 Å². The SMILES string of the molecule is CC(=O)N(Cc1ccc(F)cc1Cl)C(C(=O)Nc1ccc(Cl)cc1F)C1CC(OCc2ccccc2)C1. The number of nitrogens with zero attached hydrogens (tertiary/aromatic N) is 1. The van der Waals surface area contributed by atoms with Crippen molar-refractivity contribution >= 4 is 40.7 Å². The van der Waals surface area contributed by atoms with E-state index < -0.39 is 23.6 Å². The van der Waals surface area contributed by atoms with Crippen molar-refractivity contribution in [2.45, 2.75) is 45.1 Å². The maximum Gasteiger partial charge on any atom is 0.247 e. The highest BCUT2D eigenvalue weighted by Gasteiger charge is 2.43. The van der Waals surface area contributed by atoms with Crippen LogP contribution in [0.2, 0.25) is 10.0 Å². The van der Waals surface area contributed by atoms with E-state index in [0.717, 1.165) is 17.7 Å². The molecule has 37 heavy (non-hydrogen) atoms. The van der Waals surface area contributed by atoms with Gasteiger partial charge in [0.15, 0.2) is 0 Å². The summed E-state index contributed by atoms with van der Waals surface area (Å²) in [6.45, 7) is 1.77. The molecule has 1 fully saturated rings. The molecule has 0 bridgehead atoms. The molecule has 0 radical (unpaired) electrons. The van der Waals surface area contributed by atoms with Crippen molar-refractivity contribution in [3.63, 3.8) is 0 Å². The molecule has 0 aromatic heterocycles. The second kappa shape index (κ2) is 12.0. The van der Waals surface area contributed by atoms with E-state index in [1.807, 2.05) is 30.3 Å². The molecule has 194 valence electrons. The van der Waals surface area contributed by atoms with Crippen LogP contribution in [0.5, 0.6) is 0 Å². The average molecular weight is 547 g/mol. The summed E-state index contributed by atoms with van der Waals surface area (Å²) in [4.78, 5) is 27.7. The Morgan fingerprint density at radius 1 is 1.05 bits per heavy atom. The molecule has 1 atom stereocenters. The van der Waals surface area contributed by atoms with E-state index in [0.29, 0.717) is 25.0 Å².